The summed E-state index contributed by atoms with van der Waals surface area (Å²) in [6.07, 6.45) is 0. The van der Waals surface area contributed by atoms with Crippen molar-refractivity contribution in [2.75, 3.05) is 0 Å². The van der Waals surface area contributed by atoms with Crippen LogP contribution < -0.4 is 0 Å². The van der Waals surface area contributed by atoms with Gasteiger partial charge in [0.25, 0.3) is 0 Å². The third-order valence-electron chi connectivity index (χ3n) is 13.8. The molecule has 0 aliphatic heterocycles. The van der Waals surface area contributed by atoms with Crippen molar-refractivity contribution in [3.8, 4) is 90.8 Å². The van der Waals surface area contributed by atoms with Gasteiger partial charge in [0.1, 0.15) is 0 Å². The second-order valence-corrected chi connectivity index (χ2v) is 18.0. The zero-order chi connectivity index (χ0) is 48.1. The highest BCUT2D eigenvalue weighted by atomic mass is 15.0. The Hall–Kier alpha value is -10.1. The average Bonchev–Trinajstić information content (AvgIpc) is 3.97. The second kappa shape index (κ2) is 17.4. The smallest absolute Gasteiger partial charge is 0.160 e. The fourth-order valence-electron chi connectivity index (χ4n) is 10.4. The van der Waals surface area contributed by atoms with Crippen LogP contribution in [-0.2, 0) is 0 Å². The molecule has 3 aromatic heterocycles. The topological polar surface area (TPSA) is 83.2 Å². The molecule has 0 fully saturated rings. The largest absolute Gasteiger partial charge is 0.309 e. The zero-order valence-electron chi connectivity index (χ0n) is 38.8. The molecule has 0 atom stereocenters. The Morgan fingerprint density at radius 1 is 0.292 bits per heavy atom. The van der Waals surface area contributed by atoms with Crippen LogP contribution in [-0.4, -0.2) is 19.1 Å². The monoisotopic (exact) mass is 916 g/mol. The van der Waals surface area contributed by atoms with Crippen LogP contribution in [0.2, 0.25) is 0 Å². The van der Waals surface area contributed by atoms with E-state index in [4.69, 9.17) is 9.97 Å². The maximum atomic E-state index is 9.80. The summed E-state index contributed by atoms with van der Waals surface area (Å²) in [5.74, 6) is 0.621. The van der Waals surface area contributed by atoms with Gasteiger partial charge < -0.3 is 9.13 Å². The minimum atomic E-state index is 0.621. The van der Waals surface area contributed by atoms with Crippen LogP contribution in [0.15, 0.2) is 243 Å². The average molecular weight is 917 g/mol. The normalized spacial score (nSPS) is 11.3. The van der Waals surface area contributed by atoms with Gasteiger partial charge in [0, 0.05) is 49.4 Å². The van der Waals surface area contributed by atoms with E-state index in [0.717, 1.165) is 116 Å². The summed E-state index contributed by atoms with van der Waals surface area (Å²) in [5, 5.41) is 24.0. The van der Waals surface area contributed by atoms with Gasteiger partial charge in [-0.2, -0.15) is 10.5 Å². The van der Waals surface area contributed by atoms with Crippen molar-refractivity contribution in [3.63, 3.8) is 0 Å². The van der Waals surface area contributed by atoms with Crippen molar-refractivity contribution in [3.05, 3.63) is 254 Å². The molecule has 0 radical (unpaired) electrons. The van der Waals surface area contributed by atoms with Gasteiger partial charge in [-0.05, 0) is 101 Å². The number of nitriles is 2. The number of hydrogen-bond acceptors (Lipinski definition) is 4. The number of hydrogen-bond donors (Lipinski definition) is 0. The van der Waals surface area contributed by atoms with E-state index in [1.807, 2.05) is 72.8 Å². The van der Waals surface area contributed by atoms with E-state index in [9.17, 15) is 10.5 Å². The highest BCUT2D eigenvalue weighted by Crippen LogP contribution is 2.43. The molecule has 334 valence electrons. The Bertz CT molecular complexity index is 4300. The summed E-state index contributed by atoms with van der Waals surface area (Å²) in [4.78, 5) is 10.6. The molecule has 72 heavy (non-hydrogen) atoms. The summed E-state index contributed by atoms with van der Waals surface area (Å²) in [6.45, 7) is 0. The van der Waals surface area contributed by atoms with Gasteiger partial charge in [-0.15, -0.1) is 0 Å². The molecule has 6 heteroatoms. The fourth-order valence-corrected chi connectivity index (χ4v) is 10.4. The van der Waals surface area contributed by atoms with Gasteiger partial charge >= 0.3 is 0 Å². The minimum Gasteiger partial charge on any atom is -0.309 e. The van der Waals surface area contributed by atoms with Gasteiger partial charge in [0.2, 0.25) is 0 Å². The molecule has 3 heterocycles. The summed E-state index contributed by atoms with van der Waals surface area (Å²) >= 11 is 0. The van der Waals surface area contributed by atoms with E-state index in [2.05, 4.69) is 191 Å². The lowest BCUT2D eigenvalue weighted by atomic mass is 9.98. The number of nitrogens with zero attached hydrogens (tertiary/aromatic N) is 6. The predicted molar refractivity (Wildman–Crippen MR) is 293 cm³/mol. The number of benzene rings is 10. The Labute approximate surface area is 415 Å². The molecule has 0 unspecified atom stereocenters. The lowest BCUT2D eigenvalue weighted by Crippen LogP contribution is -2.03. The predicted octanol–water partition coefficient (Wildman–Crippen LogP) is 16.4. The molecule has 0 spiro atoms. The van der Waals surface area contributed by atoms with Crippen molar-refractivity contribution in [2.45, 2.75) is 0 Å². The molecule has 0 saturated heterocycles. The summed E-state index contributed by atoms with van der Waals surface area (Å²) in [6, 6.07) is 88.7. The molecular formula is C66H40N6. The Balaban J connectivity index is 1.08. The van der Waals surface area contributed by atoms with Crippen LogP contribution in [0, 0.1) is 22.7 Å². The van der Waals surface area contributed by atoms with Crippen LogP contribution in [0.3, 0.4) is 0 Å². The quantitative estimate of drug-likeness (QED) is 0.152. The van der Waals surface area contributed by atoms with E-state index in [-0.39, 0.29) is 0 Å². The molecule has 0 saturated carbocycles. The first-order chi connectivity index (χ1) is 35.6. The van der Waals surface area contributed by atoms with E-state index in [0.29, 0.717) is 17.0 Å². The molecule has 0 amide bonds. The fraction of sp³-hybridized carbons (Fsp3) is 0. The van der Waals surface area contributed by atoms with Crippen molar-refractivity contribution >= 4 is 43.6 Å². The molecule has 0 bridgehead atoms. The molecular weight excluding hydrogens is 877 g/mol. The summed E-state index contributed by atoms with van der Waals surface area (Å²) < 4.78 is 4.78. The third kappa shape index (κ3) is 7.19. The van der Waals surface area contributed by atoms with Crippen LogP contribution in [0.1, 0.15) is 11.1 Å². The van der Waals surface area contributed by atoms with E-state index < -0.39 is 0 Å². The van der Waals surface area contributed by atoms with E-state index >= 15 is 0 Å². The zero-order valence-corrected chi connectivity index (χ0v) is 38.8. The van der Waals surface area contributed by atoms with Gasteiger partial charge in [0.05, 0.1) is 68.1 Å². The van der Waals surface area contributed by atoms with Gasteiger partial charge in [-0.1, -0.05) is 164 Å². The summed E-state index contributed by atoms with van der Waals surface area (Å²) in [7, 11) is 0. The number of para-hydroxylation sites is 3. The molecule has 6 nitrogen and oxygen atoms in total. The lowest BCUT2D eigenvalue weighted by Gasteiger charge is -2.20. The SMILES string of the molecule is N#Cc1cccc(-c2ccc3c(c2)c2ccccc2n3-c2ccccc2-c2ccc(-c3nc(-c4ccccc4)cc(-c4ccccc4)n3)cc2-n2c3ccccc3c3cc(-c4cccc(C#N)c4)ccc32)c1. The van der Waals surface area contributed by atoms with Crippen LogP contribution in [0.25, 0.3) is 122 Å². The first-order valence-electron chi connectivity index (χ1n) is 23.9. The minimum absolute atomic E-state index is 0.621. The first-order valence-corrected chi connectivity index (χ1v) is 23.9. The molecule has 0 aliphatic rings. The van der Waals surface area contributed by atoms with Crippen molar-refractivity contribution < 1.29 is 0 Å². The van der Waals surface area contributed by atoms with Gasteiger partial charge in [-0.3, -0.25) is 0 Å². The Morgan fingerprint density at radius 3 is 1.28 bits per heavy atom. The molecule has 0 aliphatic carbocycles. The van der Waals surface area contributed by atoms with Crippen LogP contribution in [0.4, 0.5) is 0 Å². The highest BCUT2D eigenvalue weighted by molar-refractivity contribution is 6.13. The maximum absolute atomic E-state index is 9.80. The Morgan fingerprint density at radius 2 is 0.722 bits per heavy atom. The molecule has 0 N–H and O–H groups in total. The van der Waals surface area contributed by atoms with E-state index in [1.165, 1.54) is 0 Å². The van der Waals surface area contributed by atoms with E-state index in [1.54, 1.807) is 0 Å². The maximum Gasteiger partial charge on any atom is 0.160 e. The lowest BCUT2D eigenvalue weighted by molar-refractivity contribution is 1.15. The van der Waals surface area contributed by atoms with Gasteiger partial charge in [-0.25, -0.2) is 9.97 Å². The third-order valence-corrected chi connectivity index (χ3v) is 13.8. The first kappa shape index (κ1) is 42.0. The highest BCUT2D eigenvalue weighted by Gasteiger charge is 2.23. The van der Waals surface area contributed by atoms with Crippen molar-refractivity contribution in [2.24, 2.45) is 0 Å². The Kier molecular flexibility index (Phi) is 10.2. The number of aromatic nitrogens is 4. The summed E-state index contributed by atoms with van der Waals surface area (Å²) in [5.41, 5.74) is 18.3. The number of rotatable bonds is 8. The van der Waals surface area contributed by atoms with Crippen molar-refractivity contribution in [1.29, 1.82) is 10.5 Å². The molecule has 13 rings (SSSR count). The molecule has 10 aromatic carbocycles. The van der Waals surface area contributed by atoms with Crippen molar-refractivity contribution in [1.82, 2.24) is 19.1 Å². The standard InChI is InChI=1S/C66H40N6/c67-41-43-15-13-21-47(35-43)49-30-33-63-56(37-49)53-24-8-11-27-61(53)71(63)60-26-10-7-23-52(60)55-32-29-51(66-69-58(45-17-3-1-4-18-45)40-59(70-66)46-19-5-2-6-20-46)39-65(55)72-62-28-12-9-25-54(62)57-38-50(31-34-64(57)72)48-22-14-16-44(36-48)42-68/h1-40H. The number of fused-ring (bicyclic) bond motifs is 6. The molecule has 13 aromatic rings. The van der Waals surface area contributed by atoms with Crippen LogP contribution >= 0.6 is 0 Å². The second-order valence-electron chi connectivity index (χ2n) is 18.0. The van der Waals surface area contributed by atoms with Gasteiger partial charge in [0.15, 0.2) is 5.82 Å². The van der Waals surface area contributed by atoms with Crippen LogP contribution in [0.5, 0.6) is 0 Å².